The minimum Gasteiger partial charge on any atom is -0.497 e. The van der Waals surface area contributed by atoms with Crippen LogP contribution in [0.25, 0.3) is 0 Å². The van der Waals surface area contributed by atoms with Crippen LogP contribution < -0.4 is 20.5 Å². The van der Waals surface area contributed by atoms with Gasteiger partial charge in [0.2, 0.25) is 10.0 Å². The lowest BCUT2D eigenvalue weighted by Gasteiger charge is -2.36. The lowest BCUT2D eigenvalue weighted by Crippen LogP contribution is -2.50. The number of halogens is 1. The Bertz CT molecular complexity index is 690. The Morgan fingerprint density at radius 1 is 1.38 bits per heavy atom. The molecule has 1 aromatic carbocycles. The second-order valence-corrected chi connectivity index (χ2v) is 7.35. The molecule has 0 atom stereocenters. The minimum absolute atomic E-state index is 0. The first-order valence-corrected chi connectivity index (χ1v) is 8.92. The van der Waals surface area contributed by atoms with E-state index < -0.39 is 10.0 Å². The Morgan fingerprint density at radius 2 is 2.04 bits per heavy atom. The number of sulfonamides is 1. The van der Waals surface area contributed by atoms with E-state index in [9.17, 15) is 8.42 Å². The summed E-state index contributed by atoms with van der Waals surface area (Å²) in [6, 6.07) is 5.31. The van der Waals surface area contributed by atoms with Crippen molar-refractivity contribution < 1.29 is 17.9 Å². The second-order valence-electron chi connectivity index (χ2n) is 5.36. The van der Waals surface area contributed by atoms with Crippen LogP contribution in [0.2, 0.25) is 0 Å². The number of nitrogens with zero attached hydrogens (tertiary/aromatic N) is 2. The van der Waals surface area contributed by atoms with Gasteiger partial charge in [-0.05, 0) is 12.1 Å². The van der Waals surface area contributed by atoms with Crippen molar-refractivity contribution in [3.05, 3.63) is 18.2 Å². The van der Waals surface area contributed by atoms with E-state index in [4.69, 9.17) is 15.2 Å². The monoisotopic (exact) mass is 470 g/mol. The molecule has 3 N–H and O–H groups in total. The summed E-state index contributed by atoms with van der Waals surface area (Å²) in [5.41, 5.74) is 6.53. The molecule has 0 unspecified atom stereocenters. The zero-order chi connectivity index (χ0) is 17.0. The molecule has 8 nitrogen and oxygen atoms in total. The van der Waals surface area contributed by atoms with Crippen molar-refractivity contribution in [1.82, 2.24) is 4.31 Å². The summed E-state index contributed by atoms with van der Waals surface area (Å²) < 4.78 is 34.4. The topological polar surface area (TPSA) is 106 Å². The molecule has 0 amide bonds. The van der Waals surface area contributed by atoms with Crippen molar-refractivity contribution in [2.24, 2.45) is 16.6 Å². The van der Waals surface area contributed by atoms with Crippen LogP contribution in [0.4, 0.5) is 5.69 Å². The van der Waals surface area contributed by atoms with Crippen molar-refractivity contribution in [2.75, 3.05) is 45.4 Å². The van der Waals surface area contributed by atoms with Gasteiger partial charge in [-0.3, -0.25) is 4.99 Å². The van der Waals surface area contributed by atoms with Gasteiger partial charge in [-0.2, -0.15) is 0 Å². The van der Waals surface area contributed by atoms with Gasteiger partial charge >= 0.3 is 0 Å². The van der Waals surface area contributed by atoms with Gasteiger partial charge in [-0.15, -0.1) is 24.0 Å². The summed E-state index contributed by atoms with van der Waals surface area (Å²) in [6.07, 6.45) is 1.21. The lowest BCUT2D eigenvalue weighted by molar-refractivity contribution is 0.209. The Kier molecular flexibility index (Phi) is 7.55. The van der Waals surface area contributed by atoms with Gasteiger partial charge in [0, 0.05) is 31.6 Å². The number of guanidine groups is 1. The highest BCUT2D eigenvalue weighted by atomic mass is 127. The van der Waals surface area contributed by atoms with Gasteiger partial charge in [0.25, 0.3) is 0 Å². The molecule has 0 bridgehead atoms. The summed E-state index contributed by atoms with van der Waals surface area (Å²) >= 11 is 0. The molecule has 1 saturated heterocycles. The van der Waals surface area contributed by atoms with E-state index in [1.807, 2.05) is 0 Å². The van der Waals surface area contributed by atoms with Crippen molar-refractivity contribution in [3.8, 4) is 11.5 Å². The van der Waals surface area contributed by atoms with E-state index in [1.54, 1.807) is 32.4 Å². The highest BCUT2D eigenvalue weighted by molar-refractivity contribution is 14.0. The number of rotatable bonds is 6. The first-order chi connectivity index (χ1) is 10.8. The maximum Gasteiger partial charge on any atom is 0.211 e. The van der Waals surface area contributed by atoms with E-state index >= 15 is 0 Å². The number of hydrogen-bond donors (Lipinski definition) is 2. The third-order valence-corrected chi connectivity index (χ3v) is 4.82. The van der Waals surface area contributed by atoms with Crippen molar-refractivity contribution >= 4 is 45.6 Å². The van der Waals surface area contributed by atoms with Crippen LogP contribution >= 0.6 is 24.0 Å². The fourth-order valence-electron chi connectivity index (χ4n) is 2.23. The molecule has 136 valence electrons. The van der Waals surface area contributed by atoms with Gasteiger partial charge in [-0.1, -0.05) is 0 Å². The molecule has 1 heterocycles. The average Bonchev–Trinajstić information content (AvgIpc) is 2.44. The number of nitrogens with two attached hydrogens (primary N) is 1. The molecule has 1 aliphatic rings. The number of nitrogens with one attached hydrogen (secondary N) is 1. The van der Waals surface area contributed by atoms with Crippen LogP contribution in [0, 0.1) is 5.92 Å². The molecule has 1 fully saturated rings. The molecule has 0 aromatic heterocycles. The first kappa shape index (κ1) is 20.8. The smallest absolute Gasteiger partial charge is 0.211 e. The molecule has 1 aromatic rings. The van der Waals surface area contributed by atoms with Gasteiger partial charge in [0.1, 0.15) is 11.5 Å². The number of benzene rings is 1. The third kappa shape index (κ3) is 5.38. The Balaban J connectivity index is 0.00000288. The van der Waals surface area contributed by atoms with Gasteiger partial charge in [-0.25, -0.2) is 12.7 Å². The molecule has 24 heavy (non-hydrogen) atoms. The normalized spacial score (nSPS) is 16.0. The minimum atomic E-state index is -3.10. The summed E-state index contributed by atoms with van der Waals surface area (Å²) in [5, 5.41) is 2.97. The standard InChI is InChI=1S/C14H22N4O4S.HI/c1-21-11-4-5-13(22-2)12(6-11)17-14(15)16-7-10-8-18(9-10)23(3,19)20;/h4-6,10H,7-9H2,1-3H3,(H3,15,16,17);1H. The van der Waals surface area contributed by atoms with Crippen LogP contribution in [0.5, 0.6) is 11.5 Å². The van der Waals surface area contributed by atoms with E-state index in [0.717, 1.165) is 0 Å². The van der Waals surface area contributed by atoms with E-state index in [0.29, 0.717) is 36.8 Å². The van der Waals surface area contributed by atoms with Crippen LogP contribution in [0.3, 0.4) is 0 Å². The molecule has 2 rings (SSSR count). The quantitative estimate of drug-likeness (QED) is 0.364. The van der Waals surface area contributed by atoms with Crippen molar-refractivity contribution in [1.29, 1.82) is 0 Å². The van der Waals surface area contributed by atoms with Crippen LogP contribution in [0.1, 0.15) is 0 Å². The van der Waals surface area contributed by atoms with Crippen LogP contribution in [-0.4, -0.2) is 58.8 Å². The van der Waals surface area contributed by atoms with Gasteiger partial charge in [0.15, 0.2) is 5.96 Å². The van der Waals surface area contributed by atoms with Crippen molar-refractivity contribution in [2.45, 2.75) is 0 Å². The van der Waals surface area contributed by atoms with E-state index in [1.165, 1.54) is 10.6 Å². The molecule has 1 aliphatic heterocycles. The largest absolute Gasteiger partial charge is 0.497 e. The predicted octanol–water partition coefficient (Wildman–Crippen LogP) is 0.940. The fraction of sp³-hybridized carbons (Fsp3) is 0.500. The fourth-order valence-corrected chi connectivity index (χ4v) is 3.19. The Labute approximate surface area is 159 Å². The highest BCUT2D eigenvalue weighted by Crippen LogP contribution is 2.28. The zero-order valence-electron chi connectivity index (χ0n) is 13.9. The summed E-state index contributed by atoms with van der Waals surface area (Å²) in [6.45, 7) is 1.44. The van der Waals surface area contributed by atoms with E-state index in [2.05, 4.69) is 10.3 Å². The zero-order valence-corrected chi connectivity index (χ0v) is 17.0. The number of aliphatic imine (C=N–C) groups is 1. The van der Waals surface area contributed by atoms with Crippen LogP contribution in [0.15, 0.2) is 23.2 Å². The maximum absolute atomic E-state index is 11.3. The molecular formula is C14H23IN4O4S. The molecule has 0 aliphatic carbocycles. The molecule has 0 saturated carbocycles. The lowest BCUT2D eigenvalue weighted by atomic mass is 10.0. The first-order valence-electron chi connectivity index (χ1n) is 7.07. The number of methoxy groups -OCH3 is 2. The molecule has 0 spiro atoms. The number of ether oxygens (including phenoxy) is 2. The average molecular weight is 470 g/mol. The molecular weight excluding hydrogens is 447 g/mol. The summed E-state index contributed by atoms with van der Waals surface area (Å²) in [5.74, 6) is 1.73. The third-order valence-electron chi connectivity index (χ3n) is 3.58. The summed E-state index contributed by atoms with van der Waals surface area (Å²) in [7, 11) is 0.0452. The van der Waals surface area contributed by atoms with Crippen molar-refractivity contribution in [3.63, 3.8) is 0 Å². The maximum atomic E-state index is 11.3. The predicted molar refractivity (Wildman–Crippen MR) is 105 cm³/mol. The molecule has 10 heteroatoms. The van der Waals surface area contributed by atoms with Gasteiger partial charge in [0.05, 0.1) is 26.2 Å². The number of anilines is 1. The number of hydrogen-bond acceptors (Lipinski definition) is 5. The Morgan fingerprint density at radius 3 is 2.58 bits per heavy atom. The van der Waals surface area contributed by atoms with E-state index in [-0.39, 0.29) is 35.9 Å². The summed E-state index contributed by atoms with van der Waals surface area (Å²) in [4.78, 5) is 4.25. The highest BCUT2D eigenvalue weighted by Gasteiger charge is 2.32. The Hall–Kier alpha value is -1.27. The second kappa shape index (κ2) is 8.72. The van der Waals surface area contributed by atoms with Crippen LogP contribution in [-0.2, 0) is 10.0 Å². The SMILES string of the molecule is COc1ccc(OC)c(NC(N)=NCC2CN(S(C)(=O)=O)C2)c1.I. The van der Waals surface area contributed by atoms with Gasteiger partial charge < -0.3 is 20.5 Å². The molecule has 0 radical (unpaired) electrons.